The summed E-state index contributed by atoms with van der Waals surface area (Å²) in [7, 11) is 0. The topological polar surface area (TPSA) is 68.0 Å². The van der Waals surface area contributed by atoms with Crippen molar-refractivity contribution < 1.29 is 9.90 Å². The third kappa shape index (κ3) is 2.95. The van der Waals surface area contributed by atoms with E-state index in [-0.39, 0.29) is 0 Å². The number of aryl methyl sites for hydroxylation is 2. The van der Waals surface area contributed by atoms with Crippen molar-refractivity contribution in [3.63, 3.8) is 0 Å². The molecule has 1 aliphatic heterocycles. The van der Waals surface area contributed by atoms with E-state index in [1.165, 1.54) is 18.2 Å². The maximum atomic E-state index is 11.3. The van der Waals surface area contributed by atoms with Gasteiger partial charge in [0.2, 0.25) is 0 Å². The van der Waals surface area contributed by atoms with Crippen molar-refractivity contribution in [2.45, 2.75) is 49.2 Å². The molecule has 110 valence electrons. The molecule has 1 aromatic carbocycles. The fourth-order valence-electron chi connectivity index (χ4n) is 2.52. The molecule has 21 heavy (non-hydrogen) atoms. The summed E-state index contributed by atoms with van der Waals surface area (Å²) in [5.41, 5.74) is 1.36. The predicted molar refractivity (Wildman–Crippen MR) is 79.8 cm³/mol. The van der Waals surface area contributed by atoms with Crippen LogP contribution in [0, 0.1) is 6.92 Å². The van der Waals surface area contributed by atoms with Gasteiger partial charge in [0.05, 0.1) is 5.56 Å². The summed E-state index contributed by atoms with van der Waals surface area (Å²) in [5.74, 6) is 0.104. The SMILES string of the molecule is Cc1ccc(C(=O)O)c(Sc2nnc3n2CCCCC3)c1. The normalized spacial score (nSPS) is 14.5. The molecule has 6 heteroatoms. The van der Waals surface area contributed by atoms with Gasteiger partial charge >= 0.3 is 5.97 Å². The summed E-state index contributed by atoms with van der Waals surface area (Å²) >= 11 is 1.40. The van der Waals surface area contributed by atoms with Gasteiger partial charge in [0, 0.05) is 17.9 Å². The second-order valence-corrected chi connectivity index (χ2v) is 6.28. The zero-order valence-corrected chi connectivity index (χ0v) is 12.7. The van der Waals surface area contributed by atoms with E-state index < -0.39 is 5.97 Å². The van der Waals surface area contributed by atoms with Crippen LogP contribution in [0.2, 0.25) is 0 Å². The quantitative estimate of drug-likeness (QED) is 0.943. The average Bonchev–Trinajstić information content (AvgIpc) is 2.68. The van der Waals surface area contributed by atoms with Crippen molar-refractivity contribution in [1.82, 2.24) is 14.8 Å². The van der Waals surface area contributed by atoms with Crippen LogP contribution >= 0.6 is 11.8 Å². The zero-order chi connectivity index (χ0) is 14.8. The van der Waals surface area contributed by atoms with Crippen LogP contribution < -0.4 is 0 Å². The van der Waals surface area contributed by atoms with E-state index in [1.54, 1.807) is 6.07 Å². The van der Waals surface area contributed by atoms with Crippen molar-refractivity contribution >= 4 is 17.7 Å². The van der Waals surface area contributed by atoms with E-state index in [0.717, 1.165) is 47.2 Å². The minimum absolute atomic E-state index is 0.316. The van der Waals surface area contributed by atoms with Crippen LogP contribution in [0.25, 0.3) is 0 Å². The molecule has 0 saturated heterocycles. The Labute approximate surface area is 127 Å². The van der Waals surface area contributed by atoms with E-state index in [4.69, 9.17) is 0 Å². The number of rotatable bonds is 3. The number of aromatic nitrogens is 3. The molecular weight excluding hydrogens is 286 g/mol. The lowest BCUT2D eigenvalue weighted by atomic mass is 10.1. The first-order chi connectivity index (χ1) is 10.1. The Hall–Kier alpha value is -1.82. The molecule has 1 aromatic heterocycles. The first-order valence-electron chi connectivity index (χ1n) is 7.09. The molecule has 0 bridgehead atoms. The minimum Gasteiger partial charge on any atom is -0.478 e. The van der Waals surface area contributed by atoms with E-state index in [2.05, 4.69) is 14.8 Å². The Morgan fingerprint density at radius 3 is 2.95 bits per heavy atom. The van der Waals surface area contributed by atoms with Crippen LogP contribution in [-0.4, -0.2) is 25.8 Å². The van der Waals surface area contributed by atoms with E-state index in [0.29, 0.717) is 5.56 Å². The summed E-state index contributed by atoms with van der Waals surface area (Å²) in [4.78, 5) is 12.1. The van der Waals surface area contributed by atoms with Gasteiger partial charge in [0.15, 0.2) is 5.16 Å². The molecule has 1 N–H and O–H groups in total. The molecule has 0 spiro atoms. The lowest BCUT2D eigenvalue weighted by molar-refractivity contribution is 0.0693. The Kier molecular flexibility index (Phi) is 3.96. The number of aromatic carboxylic acids is 1. The molecule has 0 radical (unpaired) electrons. The largest absolute Gasteiger partial charge is 0.478 e. The van der Waals surface area contributed by atoms with Gasteiger partial charge in [0.25, 0.3) is 0 Å². The Bertz CT molecular complexity index is 682. The molecule has 3 rings (SSSR count). The highest BCUT2D eigenvalue weighted by molar-refractivity contribution is 7.99. The second-order valence-electron chi connectivity index (χ2n) is 5.27. The van der Waals surface area contributed by atoms with E-state index >= 15 is 0 Å². The van der Waals surface area contributed by atoms with E-state index in [1.807, 2.05) is 19.1 Å². The maximum Gasteiger partial charge on any atom is 0.336 e. The maximum absolute atomic E-state index is 11.3. The number of benzene rings is 1. The lowest BCUT2D eigenvalue weighted by Gasteiger charge is -2.09. The average molecular weight is 303 g/mol. The van der Waals surface area contributed by atoms with Gasteiger partial charge in [-0.05, 0) is 49.2 Å². The Morgan fingerprint density at radius 2 is 2.14 bits per heavy atom. The van der Waals surface area contributed by atoms with Crippen LogP contribution in [0.15, 0.2) is 28.3 Å². The molecule has 0 aliphatic carbocycles. The monoisotopic (exact) mass is 303 g/mol. The number of carboxylic acids is 1. The molecule has 0 saturated carbocycles. The van der Waals surface area contributed by atoms with Crippen LogP contribution in [0.1, 0.15) is 41.0 Å². The van der Waals surface area contributed by atoms with Gasteiger partial charge in [-0.3, -0.25) is 0 Å². The molecule has 0 fully saturated rings. The van der Waals surface area contributed by atoms with Crippen LogP contribution in [0.5, 0.6) is 0 Å². The van der Waals surface area contributed by atoms with Crippen LogP contribution in [-0.2, 0) is 13.0 Å². The van der Waals surface area contributed by atoms with Crippen molar-refractivity contribution in [1.29, 1.82) is 0 Å². The van der Waals surface area contributed by atoms with Gasteiger partial charge in [-0.15, -0.1) is 10.2 Å². The van der Waals surface area contributed by atoms with Crippen molar-refractivity contribution in [2.75, 3.05) is 0 Å². The van der Waals surface area contributed by atoms with Crippen molar-refractivity contribution in [3.05, 3.63) is 35.2 Å². The predicted octanol–water partition coefficient (Wildman–Crippen LogP) is 3.16. The summed E-state index contributed by atoms with van der Waals surface area (Å²) in [5, 5.41) is 18.6. The molecule has 2 heterocycles. The van der Waals surface area contributed by atoms with Gasteiger partial charge in [-0.2, -0.15) is 0 Å². The third-order valence-corrected chi connectivity index (χ3v) is 4.69. The lowest BCUT2D eigenvalue weighted by Crippen LogP contribution is -2.03. The summed E-state index contributed by atoms with van der Waals surface area (Å²) in [6.45, 7) is 2.87. The third-order valence-electron chi connectivity index (χ3n) is 3.64. The number of hydrogen-bond acceptors (Lipinski definition) is 4. The van der Waals surface area contributed by atoms with E-state index in [9.17, 15) is 9.90 Å². The highest BCUT2D eigenvalue weighted by atomic mass is 32.2. The molecule has 5 nitrogen and oxygen atoms in total. The molecule has 0 atom stereocenters. The van der Waals surface area contributed by atoms with Gasteiger partial charge in [-0.25, -0.2) is 4.79 Å². The number of carboxylic acid groups (broad SMARTS) is 1. The number of carbonyl (C=O) groups is 1. The van der Waals surface area contributed by atoms with Gasteiger partial charge in [-0.1, -0.05) is 12.5 Å². The highest BCUT2D eigenvalue weighted by Gasteiger charge is 2.18. The number of nitrogens with zero attached hydrogens (tertiary/aromatic N) is 3. The molecule has 2 aromatic rings. The molecule has 0 amide bonds. The fourth-order valence-corrected chi connectivity index (χ4v) is 3.62. The Morgan fingerprint density at radius 1 is 1.29 bits per heavy atom. The van der Waals surface area contributed by atoms with Crippen LogP contribution in [0.3, 0.4) is 0 Å². The minimum atomic E-state index is -0.909. The van der Waals surface area contributed by atoms with Crippen molar-refractivity contribution in [3.8, 4) is 0 Å². The molecule has 1 aliphatic rings. The van der Waals surface area contributed by atoms with Gasteiger partial charge in [0.1, 0.15) is 5.82 Å². The first-order valence-corrected chi connectivity index (χ1v) is 7.90. The van der Waals surface area contributed by atoms with Gasteiger partial charge < -0.3 is 9.67 Å². The zero-order valence-electron chi connectivity index (χ0n) is 11.9. The summed E-state index contributed by atoms with van der Waals surface area (Å²) in [6, 6.07) is 5.37. The number of hydrogen-bond donors (Lipinski definition) is 1. The summed E-state index contributed by atoms with van der Waals surface area (Å²) < 4.78 is 2.13. The smallest absolute Gasteiger partial charge is 0.336 e. The number of fused-ring (bicyclic) bond motifs is 1. The second kappa shape index (κ2) is 5.89. The molecular formula is C15H17N3O2S. The van der Waals surface area contributed by atoms with Crippen molar-refractivity contribution in [2.24, 2.45) is 0 Å². The first kappa shape index (κ1) is 14.1. The Balaban J connectivity index is 1.96. The standard InChI is InChI=1S/C15H17N3O2S/c1-10-6-7-11(14(19)20)12(9-10)21-15-17-16-13-5-3-2-4-8-18(13)15/h6-7,9H,2-5,8H2,1H3,(H,19,20). The molecule has 0 unspecified atom stereocenters. The fraction of sp³-hybridized carbons (Fsp3) is 0.400. The van der Waals surface area contributed by atoms with Crippen LogP contribution in [0.4, 0.5) is 0 Å². The highest BCUT2D eigenvalue weighted by Crippen LogP contribution is 2.31. The summed E-state index contributed by atoms with van der Waals surface area (Å²) in [6.07, 6.45) is 4.43.